The van der Waals surface area contributed by atoms with Gasteiger partial charge in [0, 0.05) is 15.5 Å². The Morgan fingerprint density at radius 2 is 1.62 bits per heavy atom. The fourth-order valence-corrected chi connectivity index (χ4v) is 3.23. The summed E-state index contributed by atoms with van der Waals surface area (Å²) in [4.78, 5) is 5.33. The van der Waals surface area contributed by atoms with Crippen molar-refractivity contribution in [3.63, 3.8) is 0 Å². The SMILES string of the molecule is Fc1ccc(SC=CC(=Nc2cccc(Cl)c2)c2ccc(C(F)(F)F)cc2)cc1. The summed E-state index contributed by atoms with van der Waals surface area (Å²) in [5, 5.41) is 2.25. The maximum Gasteiger partial charge on any atom is 0.416 e. The third-order valence-corrected chi connectivity index (χ3v) is 4.86. The van der Waals surface area contributed by atoms with Crippen molar-refractivity contribution in [2.24, 2.45) is 4.99 Å². The van der Waals surface area contributed by atoms with E-state index in [2.05, 4.69) is 4.99 Å². The summed E-state index contributed by atoms with van der Waals surface area (Å²) in [5.41, 5.74) is 0.835. The first kappa shape index (κ1) is 21.1. The molecule has 0 N–H and O–H groups in total. The van der Waals surface area contributed by atoms with Gasteiger partial charge in [-0.1, -0.05) is 41.6 Å². The van der Waals surface area contributed by atoms with Gasteiger partial charge >= 0.3 is 6.18 Å². The van der Waals surface area contributed by atoms with Gasteiger partial charge in [0.05, 0.1) is 17.0 Å². The van der Waals surface area contributed by atoms with E-state index in [1.807, 2.05) is 0 Å². The molecule has 0 aliphatic carbocycles. The zero-order valence-electron chi connectivity index (χ0n) is 14.8. The summed E-state index contributed by atoms with van der Waals surface area (Å²) in [6, 6.07) is 17.6. The molecule has 0 fully saturated rings. The van der Waals surface area contributed by atoms with E-state index in [1.165, 1.54) is 36.0 Å². The highest BCUT2D eigenvalue weighted by molar-refractivity contribution is 8.02. The summed E-state index contributed by atoms with van der Waals surface area (Å²) < 4.78 is 51.5. The Hall–Kier alpha value is -2.57. The number of alkyl halides is 3. The van der Waals surface area contributed by atoms with Crippen molar-refractivity contribution in [3.05, 3.63) is 106 Å². The van der Waals surface area contributed by atoms with Crippen LogP contribution in [0.3, 0.4) is 0 Å². The molecule has 148 valence electrons. The van der Waals surface area contributed by atoms with Crippen molar-refractivity contribution in [2.75, 3.05) is 0 Å². The summed E-state index contributed by atoms with van der Waals surface area (Å²) in [6.45, 7) is 0. The summed E-state index contributed by atoms with van der Waals surface area (Å²) >= 11 is 7.33. The predicted molar refractivity (Wildman–Crippen MR) is 110 cm³/mol. The lowest BCUT2D eigenvalue weighted by Crippen LogP contribution is -2.05. The topological polar surface area (TPSA) is 12.4 Å². The second-order valence-corrected chi connectivity index (χ2v) is 7.34. The minimum Gasteiger partial charge on any atom is -0.248 e. The fourth-order valence-electron chi connectivity index (χ4n) is 2.40. The van der Waals surface area contributed by atoms with Crippen molar-refractivity contribution in [2.45, 2.75) is 11.1 Å². The number of thioether (sulfide) groups is 1. The number of rotatable bonds is 5. The van der Waals surface area contributed by atoms with Gasteiger partial charge in [-0.2, -0.15) is 13.2 Å². The predicted octanol–water partition coefficient (Wildman–Crippen LogP) is 7.92. The Kier molecular flexibility index (Phi) is 6.77. The van der Waals surface area contributed by atoms with Gasteiger partial charge in [0.25, 0.3) is 0 Å². The summed E-state index contributed by atoms with van der Waals surface area (Å²) in [5.74, 6) is -0.328. The molecule has 3 aromatic carbocycles. The summed E-state index contributed by atoms with van der Waals surface area (Å²) in [6.07, 6.45) is -2.71. The average Bonchev–Trinajstić information content (AvgIpc) is 2.68. The highest BCUT2D eigenvalue weighted by Gasteiger charge is 2.30. The number of allylic oxidation sites excluding steroid dienone is 1. The van der Waals surface area contributed by atoms with Crippen LogP contribution in [0, 0.1) is 5.82 Å². The van der Waals surface area contributed by atoms with E-state index in [1.54, 1.807) is 47.9 Å². The van der Waals surface area contributed by atoms with Crippen LogP contribution in [-0.2, 0) is 6.18 Å². The second kappa shape index (κ2) is 9.29. The van der Waals surface area contributed by atoms with Crippen LogP contribution < -0.4 is 0 Å². The van der Waals surface area contributed by atoms with Crippen molar-refractivity contribution in [1.29, 1.82) is 0 Å². The normalized spacial score (nSPS) is 12.5. The molecule has 1 nitrogen and oxygen atoms in total. The van der Waals surface area contributed by atoms with Gasteiger partial charge in [0.2, 0.25) is 0 Å². The number of nitrogens with zero attached hydrogens (tertiary/aromatic N) is 1. The molecule has 0 atom stereocenters. The molecule has 29 heavy (non-hydrogen) atoms. The Morgan fingerprint density at radius 3 is 2.24 bits per heavy atom. The van der Waals surface area contributed by atoms with E-state index < -0.39 is 11.7 Å². The standard InChI is InChI=1S/C22H14ClF4NS/c23-17-2-1-3-19(14-17)28-21(12-13-29-20-10-8-18(24)9-11-20)15-4-6-16(7-5-15)22(25,26)27/h1-14H. The fraction of sp³-hybridized carbons (Fsp3) is 0.0455. The Bertz CT molecular complexity index is 1030. The van der Waals surface area contributed by atoms with Crippen molar-refractivity contribution in [3.8, 4) is 0 Å². The summed E-state index contributed by atoms with van der Waals surface area (Å²) in [7, 11) is 0. The van der Waals surface area contributed by atoms with Gasteiger partial charge in [-0.15, -0.1) is 0 Å². The Morgan fingerprint density at radius 1 is 0.931 bits per heavy atom. The maximum atomic E-state index is 13.0. The van der Waals surface area contributed by atoms with E-state index >= 15 is 0 Å². The van der Waals surface area contributed by atoms with Gasteiger partial charge in [0.15, 0.2) is 0 Å². The van der Waals surface area contributed by atoms with Crippen LogP contribution in [-0.4, -0.2) is 5.71 Å². The number of benzene rings is 3. The van der Waals surface area contributed by atoms with Crippen LogP contribution in [0.15, 0.2) is 94.2 Å². The van der Waals surface area contributed by atoms with Crippen LogP contribution in [0.25, 0.3) is 0 Å². The molecule has 0 radical (unpaired) electrons. The number of hydrogen-bond donors (Lipinski definition) is 0. The van der Waals surface area contributed by atoms with Crippen LogP contribution >= 0.6 is 23.4 Å². The molecular formula is C22H14ClF4NS. The lowest BCUT2D eigenvalue weighted by Gasteiger charge is -2.08. The van der Waals surface area contributed by atoms with Gasteiger partial charge in [0.1, 0.15) is 5.82 Å². The zero-order valence-corrected chi connectivity index (χ0v) is 16.4. The van der Waals surface area contributed by atoms with E-state index in [-0.39, 0.29) is 5.82 Å². The van der Waals surface area contributed by atoms with Crippen LogP contribution in [0.2, 0.25) is 5.02 Å². The Labute approximate surface area is 174 Å². The molecule has 3 aromatic rings. The Balaban J connectivity index is 1.91. The minimum atomic E-state index is -4.41. The third-order valence-electron chi connectivity index (χ3n) is 3.81. The molecule has 0 heterocycles. The lowest BCUT2D eigenvalue weighted by atomic mass is 10.1. The second-order valence-electron chi connectivity index (χ2n) is 5.93. The smallest absolute Gasteiger partial charge is 0.248 e. The van der Waals surface area contributed by atoms with E-state index in [0.29, 0.717) is 22.0 Å². The molecule has 0 saturated carbocycles. The van der Waals surface area contributed by atoms with Crippen molar-refractivity contribution >= 4 is 34.8 Å². The molecular weight excluding hydrogens is 422 g/mol. The highest BCUT2D eigenvalue weighted by Crippen LogP contribution is 2.30. The number of aliphatic imine (C=N–C) groups is 1. The number of hydrogen-bond acceptors (Lipinski definition) is 2. The molecule has 0 amide bonds. The molecule has 0 unspecified atom stereocenters. The first-order chi connectivity index (χ1) is 13.8. The monoisotopic (exact) mass is 435 g/mol. The molecule has 0 aliphatic rings. The first-order valence-electron chi connectivity index (χ1n) is 8.42. The average molecular weight is 436 g/mol. The van der Waals surface area contributed by atoms with Crippen molar-refractivity contribution in [1.82, 2.24) is 0 Å². The molecule has 0 spiro atoms. The molecule has 0 saturated heterocycles. The molecule has 7 heteroatoms. The molecule has 3 rings (SSSR count). The minimum absolute atomic E-state index is 0.328. The highest BCUT2D eigenvalue weighted by atomic mass is 35.5. The van der Waals surface area contributed by atoms with E-state index in [4.69, 9.17) is 11.6 Å². The zero-order chi connectivity index (χ0) is 20.9. The van der Waals surface area contributed by atoms with Crippen LogP contribution in [0.4, 0.5) is 23.2 Å². The van der Waals surface area contributed by atoms with E-state index in [0.717, 1.165) is 17.0 Å². The van der Waals surface area contributed by atoms with Gasteiger partial charge < -0.3 is 0 Å². The third kappa shape index (κ3) is 6.21. The van der Waals surface area contributed by atoms with Crippen molar-refractivity contribution < 1.29 is 17.6 Å². The maximum absolute atomic E-state index is 13.0. The van der Waals surface area contributed by atoms with E-state index in [9.17, 15) is 17.6 Å². The lowest BCUT2D eigenvalue weighted by molar-refractivity contribution is -0.137. The largest absolute Gasteiger partial charge is 0.416 e. The molecule has 0 aliphatic heterocycles. The van der Waals surface area contributed by atoms with Gasteiger partial charge in [-0.05, 0) is 66.1 Å². The molecule has 0 bridgehead atoms. The van der Waals surface area contributed by atoms with Gasteiger partial charge in [-0.3, -0.25) is 0 Å². The number of halogens is 5. The molecule has 0 aromatic heterocycles. The van der Waals surface area contributed by atoms with Crippen LogP contribution in [0.1, 0.15) is 11.1 Å². The quantitative estimate of drug-likeness (QED) is 0.225. The van der Waals surface area contributed by atoms with Gasteiger partial charge in [-0.25, -0.2) is 9.38 Å². The van der Waals surface area contributed by atoms with Crippen LogP contribution in [0.5, 0.6) is 0 Å². The first-order valence-corrected chi connectivity index (χ1v) is 9.68.